The molecule has 0 bridgehead atoms. The van der Waals surface area contributed by atoms with Crippen LogP contribution in [-0.4, -0.2) is 18.3 Å². The van der Waals surface area contributed by atoms with Crippen molar-refractivity contribution in [2.24, 2.45) is 0 Å². The van der Waals surface area contributed by atoms with Crippen molar-refractivity contribution in [3.63, 3.8) is 0 Å². The van der Waals surface area contributed by atoms with Gasteiger partial charge in [-0.3, -0.25) is 0 Å². The fourth-order valence-electron chi connectivity index (χ4n) is 5.07. The van der Waals surface area contributed by atoms with Gasteiger partial charge in [-0.05, 0) is 24.3 Å². The molecule has 3 heteroatoms. The van der Waals surface area contributed by atoms with Gasteiger partial charge in [0.1, 0.15) is 0 Å². The first-order chi connectivity index (χ1) is 18.3. The molecule has 0 fully saturated rings. The Balaban J connectivity index is 1.68. The molecule has 0 atom stereocenters. The number of hydrogen-bond acceptors (Lipinski definition) is 3. The van der Waals surface area contributed by atoms with Crippen LogP contribution in [0.4, 0.5) is 0 Å². The van der Waals surface area contributed by atoms with Gasteiger partial charge in [0.25, 0.3) is 0 Å². The van der Waals surface area contributed by atoms with Gasteiger partial charge in [0.05, 0.1) is 13.2 Å². The van der Waals surface area contributed by atoms with Crippen LogP contribution < -0.4 is 9.47 Å². The fourth-order valence-corrected chi connectivity index (χ4v) is 5.07. The number of ether oxygens (including phenoxy) is 2. The van der Waals surface area contributed by atoms with E-state index in [1.807, 2.05) is 24.3 Å². The highest BCUT2D eigenvalue weighted by Crippen LogP contribution is 2.43. The maximum absolute atomic E-state index is 11.0. The molecule has 0 aliphatic heterocycles. The third kappa shape index (κ3) is 13.5. The van der Waals surface area contributed by atoms with Gasteiger partial charge in [0, 0.05) is 5.39 Å². The molecule has 0 saturated carbocycles. The van der Waals surface area contributed by atoms with Crippen LogP contribution in [0.25, 0.3) is 10.8 Å². The molecule has 1 N–H and O–H groups in total. The molecule has 0 spiro atoms. The molecule has 0 saturated heterocycles. The van der Waals surface area contributed by atoms with Crippen molar-refractivity contribution < 1.29 is 14.6 Å². The molecular weight excluding hydrogens is 456 g/mol. The van der Waals surface area contributed by atoms with Gasteiger partial charge < -0.3 is 14.6 Å². The Labute approximate surface area is 228 Å². The zero-order chi connectivity index (χ0) is 26.4. The van der Waals surface area contributed by atoms with E-state index in [1.165, 1.54) is 116 Å². The lowest BCUT2D eigenvalue weighted by atomic mass is 10.1. The van der Waals surface area contributed by atoms with E-state index >= 15 is 0 Å². The Bertz CT molecular complexity index is 816. The van der Waals surface area contributed by atoms with Gasteiger partial charge >= 0.3 is 0 Å². The Kier molecular flexibility index (Phi) is 17.8. The SMILES string of the molecule is CCCCCCCCCCCCOc1cc2ccccc2c(OCCCCCCCCCCCC)c1O. The minimum atomic E-state index is 0.151. The number of phenolic OH excluding ortho intramolecular Hbond substituents is 1. The Hall–Kier alpha value is -1.90. The number of fused-ring (bicyclic) bond motifs is 1. The van der Waals surface area contributed by atoms with Gasteiger partial charge in [-0.15, -0.1) is 0 Å². The number of hydrogen-bond donors (Lipinski definition) is 1. The van der Waals surface area contributed by atoms with Crippen LogP contribution in [0.15, 0.2) is 30.3 Å². The van der Waals surface area contributed by atoms with E-state index in [0.29, 0.717) is 24.7 Å². The van der Waals surface area contributed by atoms with E-state index in [-0.39, 0.29) is 5.75 Å². The average molecular weight is 513 g/mol. The first kappa shape index (κ1) is 31.3. The second kappa shape index (κ2) is 21.1. The van der Waals surface area contributed by atoms with Gasteiger partial charge in [-0.25, -0.2) is 0 Å². The van der Waals surface area contributed by atoms with Crippen LogP contribution in [0.1, 0.15) is 142 Å². The quantitative estimate of drug-likeness (QED) is 0.142. The lowest BCUT2D eigenvalue weighted by Crippen LogP contribution is -2.02. The molecule has 37 heavy (non-hydrogen) atoms. The summed E-state index contributed by atoms with van der Waals surface area (Å²) in [7, 11) is 0. The van der Waals surface area contributed by atoms with E-state index in [0.717, 1.165) is 23.6 Å². The molecule has 2 rings (SSSR count). The first-order valence-electron chi connectivity index (χ1n) is 15.8. The molecule has 3 nitrogen and oxygen atoms in total. The van der Waals surface area contributed by atoms with E-state index in [2.05, 4.69) is 19.9 Å². The van der Waals surface area contributed by atoms with Crippen LogP contribution in [0.2, 0.25) is 0 Å². The van der Waals surface area contributed by atoms with Crippen LogP contribution in [0.3, 0.4) is 0 Å². The van der Waals surface area contributed by atoms with Gasteiger partial charge in [0.15, 0.2) is 11.5 Å². The molecule has 0 amide bonds. The number of phenols is 1. The smallest absolute Gasteiger partial charge is 0.201 e. The monoisotopic (exact) mass is 512 g/mol. The average Bonchev–Trinajstić information content (AvgIpc) is 2.91. The van der Waals surface area contributed by atoms with Crippen molar-refractivity contribution >= 4 is 10.8 Å². The number of rotatable bonds is 24. The summed E-state index contributed by atoms with van der Waals surface area (Å²) in [5.74, 6) is 1.28. The third-order valence-corrected chi connectivity index (χ3v) is 7.44. The molecule has 0 unspecified atom stereocenters. The molecule has 0 heterocycles. The Morgan fingerprint density at radius 1 is 0.541 bits per heavy atom. The zero-order valence-electron chi connectivity index (χ0n) is 24.2. The summed E-state index contributed by atoms with van der Waals surface area (Å²) < 4.78 is 12.2. The van der Waals surface area contributed by atoms with E-state index in [9.17, 15) is 5.11 Å². The summed E-state index contributed by atoms with van der Waals surface area (Å²) in [6, 6.07) is 10.1. The standard InChI is InChI=1S/C34H56O3/c1-3-5-7-9-11-13-15-17-19-23-27-36-32-29-30-25-21-22-26-31(30)34(33(32)35)37-28-24-20-18-16-14-12-10-8-6-4-2/h21-22,25-26,29,35H,3-20,23-24,27-28H2,1-2H3. The van der Waals surface area contributed by atoms with Crippen molar-refractivity contribution in [3.05, 3.63) is 30.3 Å². The van der Waals surface area contributed by atoms with Crippen molar-refractivity contribution in [2.45, 2.75) is 142 Å². The van der Waals surface area contributed by atoms with Crippen LogP contribution in [-0.2, 0) is 0 Å². The maximum Gasteiger partial charge on any atom is 0.201 e. The molecular formula is C34H56O3. The summed E-state index contributed by atoms with van der Waals surface area (Å²) in [4.78, 5) is 0. The highest BCUT2D eigenvalue weighted by Gasteiger charge is 2.15. The van der Waals surface area contributed by atoms with E-state index in [1.54, 1.807) is 0 Å². The number of benzene rings is 2. The summed E-state index contributed by atoms with van der Waals surface area (Å²) in [6.45, 7) is 5.82. The molecule has 210 valence electrons. The Morgan fingerprint density at radius 2 is 0.973 bits per heavy atom. The predicted molar refractivity (Wildman–Crippen MR) is 160 cm³/mol. The third-order valence-electron chi connectivity index (χ3n) is 7.44. The largest absolute Gasteiger partial charge is 0.502 e. The van der Waals surface area contributed by atoms with Gasteiger partial charge in [-0.2, -0.15) is 0 Å². The highest BCUT2D eigenvalue weighted by atomic mass is 16.5. The second-order valence-electron chi connectivity index (χ2n) is 10.8. The molecule has 2 aromatic rings. The van der Waals surface area contributed by atoms with Crippen molar-refractivity contribution in [1.82, 2.24) is 0 Å². The van der Waals surface area contributed by atoms with Crippen molar-refractivity contribution in [2.75, 3.05) is 13.2 Å². The molecule has 2 aromatic carbocycles. The number of aromatic hydroxyl groups is 1. The van der Waals surface area contributed by atoms with Gasteiger partial charge in [0.2, 0.25) is 5.75 Å². The van der Waals surface area contributed by atoms with Gasteiger partial charge in [-0.1, -0.05) is 154 Å². The van der Waals surface area contributed by atoms with Crippen molar-refractivity contribution in [1.29, 1.82) is 0 Å². The maximum atomic E-state index is 11.0. The number of unbranched alkanes of at least 4 members (excludes halogenated alkanes) is 18. The zero-order valence-corrected chi connectivity index (χ0v) is 24.2. The predicted octanol–water partition coefficient (Wildman–Crippen LogP) is 11.1. The lowest BCUT2D eigenvalue weighted by Gasteiger charge is -2.15. The second-order valence-corrected chi connectivity index (χ2v) is 10.8. The minimum absolute atomic E-state index is 0.151. The summed E-state index contributed by atoms with van der Waals surface area (Å²) in [5, 5.41) is 13.0. The lowest BCUT2D eigenvalue weighted by molar-refractivity contribution is 0.267. The summed E-state index contributed by atoms with van der Waals surface area (Å²) >= 11 is 0. The van der Waals surface area contributed by atoms with Crippen LogP contribution in [0, 0.1) is 0 Å². The molecule has 0 aliphatic carbocycles. The molecule has 0 radical (unpaired) electrons. The fraction of sp³-hybridized carbons (Fsp3) is 0.706. The van der Waals surface area contributed by atoms with Crippen LogP contribution >= 0.6 is 0 Å². The first-order valence-corrected chi connectivity index (χ1v) is 15.8. The van der Waals surface area contributed by atoms with Crippen molar-refractivity contribution in [3.8, 4) is 17.2 Å². The van der Waals surface area contributed by atoms with E-state index < -0.39 is 0 Å². The van der Waals surface area contributed by atoms with E-state index in [4.69, 9.17) is 9.47 Å². The molecule has 0 aromatic heterocycles. The molecule has 0 aliphatic rings. The normalized spacial score (nSPS) is 11.3. The van der Waals surface area contributed by atoms with Crippen LogP contribution in [0.5, 0.6) is 17.2 Å². The summed E-state index contributed by atoms with van der Waals surface area (Å²) in [6.07, 6.45) is 26.0. The summed E-state index contributed by atoms with van der Waals surface area (Å²) in [5.41, 5.74) is 0. The Morgan fingerprint density at radius 3 is 1.49 bits per heavy atom. The topological polar surface area (TPSA) is 38.7 Å². The minimum Gasteiger partial charge on any atom is -0.502 e. The highest BCUT2D eigenvalue weighted by molar-refractivity contribution is 5.92.